The molecule has 0 aromatic heterocycles. The second-order valence-corrected chi connectivity index (χ2v) is 2.93. The van der Waals surface area contributed by atoms with Crippen molar-refractivity contribution in [1.82, 2.24) is 0 Å². The number of benzene rings is 1. The van der Waals surface area contributed by atoms with Crippen LogP contribution < -0.4 is 0 Å². The number of carboxylic acid groups (broad SMARTS) is 1. The first-order valence-electron chi connectivity index (χ1n) is 4.37. The minimum atomic E-state index is -1.15. The molecule has 5 nitrogen and oxygen atoms in total. The largest absolute Gasteiger partial charge is 0.478 e. The summed E-state index contributed by atoms with van der Waals surface area (Å²) >= 11 is 0. The molecule has 82 valence electrons. The summed E-state index contributed by atoms with van der Waals surface area (Å²) in [5, 5.41) is 19.4. The molecular weight excluding hydrogens is 210 g/mol. The number of hydrogen-bond donors (Lipinski definition) is 1. The zero-order valence-corrected chi connectivity index (χ0v) is 8.29. The zero-order valence-electron chi connectivity index (χ0n) is 8.29. The van der Waals surface area contributed by atoms with E-state index in [2.05, 4.69) is 6.58 Å². The van der Waals surface area contributed by atoms with E-state index in [1.807, 2.05) is 0 Å². The highest BCUT2D eigenvalue weighted by Gasteiger charge is 2.13. The van der Waals surface area contributed by atoms with Gasteiger partial charge >= 0.3 is 5.97 Å². The van der Waals surface area contributed by atoms with Crippen molar-refractivity contribution < 1.29 is 14.8 Å². The van der Waals surface area contributed by atoms with Gasteiger partial charge in [-0.1, -0.05) is 24.8 Å². The van der Waals surface area contributed by atoms with Crippen molar-refractivity contribution in [3.8, 4) is 0 Å². The number of non-ortho nitro benzene ring substituents is 1. The number of nitrogens with zero attached hydrogens (tertiary/aromatic N) is 1. The van der Waals surface area contributed by atoms with Gasteiger partial charge < -0.3 is 5.11 Å². The van der Waals surface area contributed by atoms with Crippen LogP contribution in [0.2, 0.25) is 0 Å². The lowest BCUT2D eigenvalue weighted by molar-refractivity contribution is -0.384. The molecule has 0 amide bonds. The predicted molar refractivity (Wildman–Crippen MR) is 58.9 cm³/mol. The van der Waals surface area contributed by atoms with Gasteiger partial charge in [0.15, 0.2) is 0 Å². The number of hydrogen-bond acceptors (Lipinski definition) is 3. The molecule has 0 fully saturated rings. The molecule has 0 aliphatic rings. The van der Waals surface area contributed by atoms with Crippen LogP contribution in [0.5, 0.6) is 0 Å². The number of carbonyl (C=O) groups is 1. The SMILES string of the molecule is C=CC=C(C(=O)O)c1cccc([N+](=O)[O-])c1. The van der Waals surface area contributed by atoms with Gasteiger partial charge in [-0.3, -0.25) is 10.1 Å². The fraction of sp³-hybridized carbons (Fsp3) is 0. The Morgan fingerprint density at radius 2 is 2.19 bits per heavy atom. The van der Waals surface area contributed by atoms with E-state index in [9.17, 15) is 14.9 Å². The Balaban J connectivity index is 3.26. The van der Waals surface area contributed by atoms with E-state index in [1.54, 1.807) is 0 Å². The van der Waals surface area contributed by atoms with Crippen LogP contribution in [-0.2, 0) is 4.79 Å². The summed E-state index contributed by atoms with van der Waals surface area (Å²) < 4.78 is 0. The van der Waals surface area contributed by atoms with Gasteiger partial charge in [0, 0.05) is 12.1 Å². The highest BCUT2D eigenvalue weighted by Crippen LogP contribution is 2.20. The monoisotopic (exact) mass is 219 g/mol. The van der Waals surface area contributed by atoms with Crippen molar-refractivity contribution in [2.75, 3.05) is 0 Å². The molecule has 0 aliphatic heterocycles. The first-order valence-corrected chi connectivity index (χ1v) is 4.37. The lowest BCUT2D eigenvalue weighted by Crippen LogP contribution is -2.00. The molecule has 0 bridgehead atoms. The number of nitro benzene ring substituents is 1. The molecule has 0 atom stereocenters. The lowest BCUT2D eigenvalue weighted by Gasteiger charge is -2.01. The molecule has 0 spiro atoms. The van der Waals surface area contributed by atoms with Crippen LogP contribution in [0.1, 0.15) is 5.56 Å². The number of aliphatic carboxylic acids is 1. The topological polar surface area (TPSA) is 80.4 Å². The second kappa shape index (κ2) is 4.88. The van der Waals surface area contributed by atoms with Crippen molar-refractivity contribution >= 4 is 17.2 Å². The maximum absolute atomic E-state index is 10.9. The van der Waals surface area contributed by atoms with Gasteiger partial charge in [0.1, 0.15) is 0 Å². The molecule has 16 heavy (non-hydrogen) atoms. The summed E-state index contributed by atoms with van der Waals surface area (Å²) in [6.07, 6.45) is 2.61. The lowest BCUT2D eigenvalue weighted by atomic mass is 10.1. The van der Waals surface area contributed by atoms with Crippen LogP contribution in [-0.4, -0.2) is 16.0 Å². The van der Waals surface area contributed by atoms with Gasteiger partial charge in [0.05, 0.1) is 10.5 Å². The van der Waals surface area contributed by atoms with Gasteiger partial charge in [-0.15, -0.1) is 0 Å². The third kappa shape index (κ3) is 2.54. The molecule has 1 aromatic rings. The van der Waals surface area contributed by atoms with Gasteiger partial charge in [-0.05, 0) is 11.6 Å². The summed E-state index contributed by atoms with van der Waals surface area (Å²) in [7, 11) is 0. The van der Waals surface area contributed by atoms with Crippen LogP contribution in [0.3, 0.4) is 0 Å². The van der Waals surface area contributed by atoms with E-state index < -0.39 is 10.9 Å². The highest BCUT2D eigenvalue weighted by atomic mass is 16.6. The summed E-state index contributed by atoms with van der Waals surface area (Å²) in [6.45, 7) is 3.39. The van der Waals surface area contributed by atoms with E-state index in [1.165, 1.54) is 36.4 Å². The van der Waals surface area contributed by atoms with E-state index in [0.717, 1.165) is 0 Å². The van der Waals surface area contributed by atoms with E-state index in [0.29, 0.717) is 0 Å². The van der Waals surface area contributed by atoms with Gasteiger partial charge in [0.25, 0.3) is 5.69 Å². The molecule has 0 heterocycles. The average Bonchev–Trinajstić information content (AvgIpc) is 2.25. The molecule has 0 saturated heterocycles. The van der Waals surface area contributed by atoms with Crippen molar-refractivity contribution in [3.05, 3.63) is 58.7 Å². The average molecular weight is 219 g/mol. The summed E-state index contributed by atoms with van der Waals surface area (Å²) in [4.78, 5) is 20.8. The maximum Gasteiger partial charge on any atom is 0.336 e. The first kappa shape index (κ1) is 11.6. The van der Waals surface area contributed by atoms with Crippen LogP contribution in [0.25, 0.3) is 5.57 Å². The Kier molecular flexibility index (Phi) is 3.55. The van der Waals surface area contributed by atoms with Crippen molar-refractivity contribution in [2.24, 2.45) is 0 Å². The van der Waals surface area contributed by atoms with Crippen molar-refractivity contribution in [2.45, 2.75) is 0 Å². The van der Waals surface area contributed by atoms with Crippen LogP contribution >= 0.6 is 0 Å². The molecule has 0 saturated carbocycles. The molecular formula is C11H9NO4. The Morgan fingerprint density at radius 1 is 1.50 bits per heavy atom. The third-order valence-corrected chi connectivity index (χ3v) is 1.88. The van der Waals surface area contributed by atoms with Crippen LogP contribution in [0.15, 0.2) is 43.0 Å². The van der Waals surface area contributed by atoms with E-state index in [-0.39, 0.29) is 16.8 Å². The molecule has 0 aliphatic carbocycles. The van der Waals surface area contributed by atoms with Gasteiger partial charge in [-0.2, -0.15) is 0 Å². The number of carboxylic acids is 1. The van der Waals surface area contributed by atoms with Crippen molar-refractivity contribution in [1.29, 1.82) is 0 Å². The fourth-order valence-corrected chi connectivity index (χ4v) is 1.20. The molecule has 1 aromatic carbocycles. The number of nitro groups is 1. The maximum atomic E-state index is 10.9. The van der Waals surface area contributed by atoms with Crippen LogP contribution in [0.4, 0.5) is 5.69 Å². The number of rotatable bonds is 4. The Hall–Kier alpha value is -2.43. The zero-order chi connectivity index (χ0) is 12.1. The molecule has 1 rings (SSSR count). The van der Waals surface area contributed by atoms with Gasteiger partial charge in [-0.25, -0.2) is 4.79 Å². The highest BCUT2D eigenvalue weighted by molar-refractivity contribution is 6.15. The minimum absolute atomic E-state index is 0.0290. The summed E-state index contributed by atoms with van der Waals surface area (Å²) in [6, 6.07) is 5.45. The van der Waals surface area contributed by atoms with Crippen LogP contribution in [0, 0.1) is 10.1 Å². The smallest absolute Gasteiger partial charge is 0.336 e. The van der Waals surface area contributed by atoms with E-state index >= 15 is 0 Å². The Labute approximate surface area is 91.5 Å². The minimum Gasteiger partial charge on any atom is -0.478 e. The predicted octanol–water partition coefficient (Wildman–Crippen LogP) is 2.25. The Bertz CT molecular complexity index is 477. The first-order chi connectivity index (χ1) is 7.56. The standard InChI is InChI=1S/C11H9NO4/c1-2-4-10(11(13)14)8-5-3-6-9(7-8)12(15)16/h2-7H,1H2,(H,13,14). The summed E-state index contributed by atoms with van der Waals surface area (Å²) in [5.41, 5.74) is 0.106. The van der Waals surface area contributed by atoms with Crippen molar-refractivity contribution in [3.63, 3.8) is 0 Å². The van der Waals surface area contributed by atoms with Gasteiger partial charge in [0.2, 0.25) is 0 Å². The quantitative estimate of drug-likeness (QED) is 0.364. The number of allylic oxidation sites excluding steroid dienone is 2. The molecule has 5 heteroatoms. The fourth-order valence-electron chi connectivity index (χ4n) is 1.20. The molecule has 0 radical (unpaired) electrons. The molecule has 0 unspecified atom stereocenters. The normalized spacial score (nSPS) is 10.9. The molecule has 1 N–H and O–H groups in total. The third-order valence-electron chi connectivity index (χ3n) is 1.88. The Morgan fingerprint density at radius 3 is 2.69 bits per heavy atom. The second-order valence-electron chi connectivity index (χ2n) is 2.93. The summed E-state index contributed by atoms with van der Waals surface area (Å²) in [5.74, 6) is -1.15. The van der Waals surface area contributed by atoms with E-state index in [4.69, 9.17) is 5.11 Å².